The van der Waals surface area contributed by atoms with Crippen molar-refractivity contribution in [2.45, 2.75) is 19.6 Å². The first-order valence-electron chi connectivity index (χ1n) is 9.90. The van der Waals surface area contributed by atoms with Gasteiger partial charge in [0.05, 0.1) is 20.3 Å². The van der Waals surface area contributed by atoms with E-state index in [1.54, 1.807) is 25.3 Å². The Kier molecular flexibility index (Phi) is 8.55. The fourth-order valence-corrected chi connectivity index (χ4v) is 3.42. The molecule has 0 spiro atoms. The number of nitrogens with zero attached hydrogens (tertiary/aromatic N) is 1. The second kappa shape index (κ2) is 11.4. The van der Waals surface area contributed by atoms with Gasteiger partial charge in [0, 0.05) is 30.7 Å². The molecule has 0 amide bonds. The minimum absolute atomic E-state index is 0.267. The molecule has 7 heteroatoms. The van der Waals surface area contributed by atoms with Crippen LogP contribution in [-0.2, 0) is 17.9 Å². The summed E-state index contributed by atoms with van der Waals surface area (Å²) in [5, 5.41) is 4.07. The van der Waals surface area contributed by atoms with Crippen LogP contribution in [0.3, 0.4) is 0 Å². The molecule has 0 atom stereocenters. The van der Waals surface area contributed by atoms with Gasteiger partial charge in [-0.05, 0) is 48.8 Å². The van der Waals surface area contributed by atoms with Crippen molar-refractivity contribution in [2.24, 2.45) is 0 Å². The van der Waals surface area contributed by atoms with E-state index in [1.807, 2.05) is 6.07 Å². The predicted octanol–water partition coefficient (Wildman–Crippen LogP) is 3.88. The molecule has 0 bridgehead atoms. The fourth-order valence-electron chi connectivity index (χ4n) is 3.20. The number of benzene rings is 2. The standard InChI is InChI=1S/C22H28ClFN2O3/c1-27-21-13-18(15-25-7-2-8-26-9-11-28-12-10-26)20(23)14-22(21)29-16-17-3-5-19(24)6-4-17/h3-6,13-14,25H,2,7-12,15-16H2,1H3. The number of nitrogens with one attached hydrogen (secondary N) is 1. The van der Waals surface area contributed by atoms with Crippen LogP contribution >= 0.6 is 11.6 Å². The van der Waals surface area contributed by atoms with Crippen molar-refractivity contribution < 1.29 is 18.6 Å². The molecule has 0 radical (unpaired) electrons. The number of ether oxygens (including phenoxy) is 3. The lowest BCUT2D eigenvalue weighted by atomic mass is 10.2. The first-order chi connectivity index (χ1) is 14.2. The molecule has 1 aliphatic rings. The fraction of sp³-hybridized carbons (Fsp3) is 0.455. The maximum absolute atomic E-state index is 13.0. The van der Waals surface area contributed by atoms with Crippen molar-refractivity contribution >= 4 is 11.6 Å². The van der Waals surface area contributed by atoms with E-state index < -0.39 is 0 Å². The zero-order chi connectivity index (χ0) is 20.5. The van der Waals surface area contributed by atoms with E-state index in [9.17, 15) is 4.39 Å². The lowest BCUT2D eigenvalue weighted by Crippen LogP contribution is -2.37. The first kappa shape index (κ1) is 21.8. The van der Waals surface area contributed by atoms with Gasteiger partial charge in [0.15, 0.2) is 11.5 Å². The Hall–Kier alpha value is -1.86. The van der Waals surface area contributed by atoms with Gasteiger partial charge in [0.2, 0.25) is 0 Å². The molecular weight excluding hydrogens is 395 g/mol. The highest BCUT2D eigenvalue weighted by Gasteiger charge is 2.12. The Morgan fingerprint density at radius 3 is 2.62 bits per heavy atom. The van der Waals surface area contributed by atoms with Gasteiger partial charge in [-0.1, -0.05) is 23.7 Å². The van der Waals surface area contributed by atoms with Crippen LogP contribution in [0.2, 0.25) is 5.02 Å². The second-order valence-corrected chi connectivity index (χ2v) is 7.40. The van der Waals surface area contributed by atoms with E-state index in [0.29, 0.717) is 29.7 Å². The highest BCUT2D eigenvalue weighted by Crippen LogP contribution is 2.34. The Bertz CT molecular complexity index is 767. The van der Waals surface area contributed by atoms with Gasteiger partial charge < -0.3 is 19.5 Å². The van der Waals surface area contributed by atoms with Crippen molar-refractivity contribution in [3.05, 3.63) is 58.4 Å². The van der Waals surface area contributed by atoms with E-state index >= 15 is 0 Å². The minimum Gasteiger partial charge on any atom is -0.493 e. The van der Waals surface area contributed by atoms with Crippen LogP contribution in [0.1, 0.15) is 17.5 Å². The number of rotatable bonds is 10. The summed E-state index contributed by atoms with van der Waals surface area (Å²) in [6.45, 7) is 6.66. The van der Waals surface area contributed by atoms with Crippen molar-refractivity contribution in [2.75, 3.05) is 46.5 Å². The smallest absolute Gasteiger partial charge is 0.163 e. The second-order valence-electron chi connectivity index (χ2n) is 6.99. The number of methoxy groups -OCH3 is 1. The van der Waals surface area contributed by atoms with Gasteiger partial charge in [-0.3, -0.25) is 4.90 Å². The summed E-state index contributed by atoms with van der Waals surface area (Å²) in [6.07, 6.45) is 1.08. The van der Waals surface area contributed by atoms with E-state index in [-0.39, 0.29) is 5.82 Å². The van der Waals surface area contributed by atoms with E-state index in [2.05, 4.69) is 10.2 Å². The molecule has 0 aromatic heterocycles. The van der Waals surface area contributed by atoms with Crippen LogP contribution in [0, 0.1) is 5.82 Å². The molecule has 1 aliphatic heterocycles. The molecule has 1 saturated heterocycles. The molecule has 158 valence electrons. The van der Waals surface area contributed by atoms with Crippen LogP contribution in [0.5, 0.6) is 11.5 Å². The van der Waals surface area contributed by atoms with Gasteiger partial charge in [-0.2, -0.15) is 0 Å². The molecule has 0 aliphatic carbocycles. The number of halogens is 2. The summed E-state index contributed by atoms with van der Waals surface area (Å²) in [4.78, 5) is 2.43. The summed E-state index contributed by atoms with van der Waals surface area (Å²) < 4.78 is 29.7. The summed E-state index contributed by atoms with van der Waals surface area (Å²) in [5.41, 5.74) is 1.83. The Labute approximate surface area is 176 Å². The van der Waals surface area contributed by atoms with E-state index in [1.165, 1.54) is 12.1 Å². The monoisotopic (exact) mass is 422 g/mol. The molecule has 2 aromatic rings. The number of morpholine rings is 1. The Morgan fingerprint density at radius 1 is 1.14 bits per heavy atom. The lowest BCUT2D eigenvalue weighted by Gasteiger charge is -2.26. The van der Waals surface area contributed by atoms with Crippen molar-refractivity contribution in [1.29, 1.82) is 0 Å². The topological polar surface area (TPSA) is 43.0 Å². The summed E-state index contributed by atoms with van der Waals surface area (Å²) >= 11 is 6.45. The van der Waals surface area contributed by atoms with Gasteiger partial charge in [-0.25, -0.2) is 4.39 Å². The Morgan fingerprint density at radius 2 is 1.90 bits per heavy atom. The van der Waals surface area contributed by atoms with Gasteiger partial charge >= 0.3 is 0 Å². The van der Waals surface area contributed by atoms with Crippen LogP contribution in [0.25, 0.3) is 0 Å². The third-order valence-electron chi connectivity index (χ3n) is 4.89. The van der Waals surface area contributed by atoms with Gasteiger partial charge in [-0.15, -0.1) is 0 Å². The van der Waals surface area contributed by atoms with E-state index in [4.69, 9.17) is 25.8 Å². The molecule has 3 rings (SSSR count). The van der Waals surface area contributed by atoms with Crippen LogP contribution in [-0.4, -0.2) is 51.4 Å². The van der Waals surface area contributed by atoms with Crippen LogP contribution in [0.4, 0.5) is 4.39 Å². The van der Waals surface area contributed by atoms with Crippen molar-refractivity contribution in [3.8, 4) is 11.5 Å². The number of hydrogen-bond acceptors (Lipinski definition) is 5. The summed E-state index contributed by atoms with van der Waals surface area (Å²) in [7, 11) is 1.60. The quantitative estimate of drug-likeness (QED) is 0.588. The zero-order valence-electron chi connectivity index (χ0n) is 16.8. The summed E-state index contributed by atoms with van der Waals surface area (Å²) in [5.74, 6) is 0.927. The van der Waals surface area contributed by atoms with Crippen molar-refractivity contribution in [1.82, 2.24) is 10.2 Å². The van der Waals surface area contributed by atoms with E-state index in [0.717, 1.165) is 56.9 Å². The Balaban J connectivity index is 1.48. The largest absolute Gasteiger partial charge is 0.493 e. The third-order valence-corrected chi connectivity index (χ3v) is 5.24. The molecule has 0 saturated carbocycles. The molecule has 2 aromatic carbocycles. The lowest BCUT2D eigenvalue weighted by molar-refractivity contribution is 0.0374. The molecular formula is C22H28ClFN2O3. The van der Waals surface area contributed by atoms with Crippen LogP contribution < -0.4 is 14.8 Å². The van der Waals surface area contributed by atoms with Gasteiger partial charge in [0.1, 0.15) is 12.4 Å². The zero-order valence-corrected chi connectivity index (χ0v) is 17.5. The maximum Gasteiger partial charge on any atom is 0.163 e. The number of hydrogen-bond donors (Lipinski definition) is 1. The average Bonchev–Trinajstić information content (AvgIpc) is 2.75. The van der Waals surface area contributed by atoms with Gasteiger partial charge in [0.25, 0.3) is 0 Å². The average molecular weight is 423 g/mol. The normalized spacial score (nSPS) is 14.7. The highest BCUT2D eigenvalue weighted by atomic mass is 35.5. The highest BCUT2D eigenvalue weighted by molar-refractivity contribution is 6.31. The molecule has 5 nitrogen and oxygen atoms in total. The molecule has 1 heterocycles. The predicted molar refractivity (Wildman–Crippen MR) is 112 cm³/mol. The first-order valence-corrected chi connectivity index (χ1v) is 10.3. The maximum atomic E-state index is 13.0. The third kappa shape index (κ3) is 6.85. The molecule has 1 fully saturated rings. The minimum atomic E-state index is -0.267. The van der Waals surface area contributed by atoms with Crippen molar-refractivity contribution in [3.63, 3.8) is 0 Å². The molecule has 1 N–H and O–H groups in total. The molecule has 0 unspecified atom stereocenters. The SMILES string of the molecule is COc1cc(CNCCCN2CCOCC2)c(Cl)cc1OCc1ccc(F)cc1. The summed E-state index contributed by atoms with van der Waals surface area (Å²) in [6, 6.07) is 9.89. The molecule has 29 heavy (non-hydrogen) atoms. The van der Waals surface area contributed by atoms with Crippen LogP contribution in [0.15, 0.2) is 36.4 Å².